The maximum absolute atomic E-state index is 11.8. The first-order valence-corrected chi connectivity index (χ1v) is 5.77. The largest absolute Gasteiger partial charge is 0.299 e. The molecule has 1 aromatic heterocycles. The van der Waals surface area contributed by atoms with E-state index in [0.717, 1.165) is 11.1 Å². The molecular weight excluding hydrogens is 234 g/mol. The Balaban J connectivity index is 2.01. The molecule has 0 aliphatic rings. The second-order valence-electron chi connectivity index (χ2n) is 3.84. The van der Waals surface area contributed by atoms with E-state index >= 15 is 0 Å². The number of hydrogen-bond donors (Lipinski definition) is 0. The van der Waals surface area contributed by atoms with Crippen LogP contribution < -0.4 is 0 Å². The van der Waals surface area contributed by atoms with E-state index in [1.807, 2.05) is 30.3 Å². The van der Waals surface area contributed by atoms with Gasteiger partial charge >= 0.3 is 0 Å². The fraction of sp³-hybridized carbons (Fsp3) is 0.143. The smallest absolute Gasteiger partial charge is 0.141 e. The van der Waals surface area contributed by atoms with Crippen molar-refractivity contribution in [3.63, 3.8) is 0 Å². The van der Waals surface area contributed by atoms with Crippen molar-refractivity contribution in [2.45, 2.75) is 12.8 Å². The number of aromatic nitrogens is 1. The number of hydrogen-bond acceptors (Lipinski definition) is 2. The second-order valence-corrected chi connectivity index (χ2v) is 4.25. The molecule has 2 nitrogen and oxygen atoms in total. The highest BCUT2D eigenvalue weighted by Crippen LogP contribution is 2.16. The summed E-state index contributed by atoms with van der Waals surface area (Å²) in [6.07, 6.45) is 4.18. The monoisotopic (exact) mass is 245 g/mol. The lowest BCUT2D eigenvalue weighted by atomic mass is 10.0. The molecule has 0 saturated heterocycles. The molecule has 0 atom stereocenters. The van der Waals surface area contributed by atoms with Crippen LogP contribution in [0, 0.1) is 0 Å². The van der Waals surface area contributed by atoms with Gasteiger partial charge in [-0.15, -0.1) is 0 Å². The van der Waals surface area contributed by atoms with E-state index in [2.05, 4.69) is 4.98 Å². The number of Topliss-reactive ketones (excluding diaryl/α,β-unsaturated/α-hetero) is 1. The van der Waals surface area contributed by atoms with Crippen molar-refractivity contribution in [3.8, 4) is 0 Å². The highest BCUT2D eigenvalue weighted by Gasteiger charge is 2.07. The van der Waals surface area contributed by atoms with Gasteiger partial charge in [0, 0.05) is 30.3 Å². The molecule has 0 radical (unpaired) electrons. The molecule has 0 N–H and O–H groups in total. The van der Waals surface area contributed by atoms with Crippen molar-refractivity contribution in [1.82, 2.24) is 4.98 Å². The average molecular weight is 246 g/mol. The summed E-state index contributed by atoms with van der Waals surface area (Å²) in [5, 5.41) is 0.645. The van der Waals surface area contributed by atoms with Crippen LogP contribution in [0.4, 0.5) is 0 Å². The van der Waals surface area contributed by atoms with Crippen LogP contribution in [0.25, 0.3) is 0 Å². The molecule has 0 spiro atoms. The average Bonchev–Trinajstić information content (AvgIpc) is 2.33. The molecule has 0 aliphatic carbocycles. The summed E-state index contributed by atoms with van der Waals surface area (Å²) in [4.78, 5) is 15.8. The molecule has 0 aliphatic heterocycles. The van der Waals surface area contributed by atoms with E-state index < -0.39 is 0 Å². The number of rotatable bonds is 4. The molecular formula is C14H12ClNO. The lowest BCUT2D eigenvalue weighted by Gasteiger charge is -2.03. The zero-order valence-corrected chi connectivity index (χ0v) is 10.0. The molecule has 17 heavy (non-hydrogen) atoms. The molecule has 3 heteroatoms. The van der Waals surface area contributed by atoms with Crippen molar-refractivity contribution in [2.24, 2.45) is 0 Å². The standard InChI is InChI=1S/C14H12ClNO/c15-14-6-2-1-5-12(14)9-13(17)8-11-4-3-7-16-10-11/h1-7,10H,8-9H2. The topological polar surface area (TPSA) is 30.0 Å². The van der Waals surface area contributed by atoms with Crippen LogP contribution in [-0.4, -0.2) is 10.8 Å². The molecule has 2 aromatic rings. The van der Waals surface area contributed by atoms with Crippen molar-refractivity contribution >= 4 is 17.4 Å². The zero-order valence-electron chi connectivity index (χ0n) is 9.27. The van der Waals surface area contributed by atoms with Gasteiger partial charge in [0.15, 0.2) is 0 Å². The number of nitrogens with zero attached hydrogens (tertiary/aromatic N) is 1. The van der Waals surface area contributed by atoms with Crippen molar-refractivity contribution in [1.29, 1.82) is 0 Å². The van der Waals surface area contributed by atoms with Crippen LogP contribution in [0.1, 0.15) is 11.1 Å². The third-order valence-electron chi connectivity index (χ3n) is 2.47. The number of pyridine rings is 1. The summed E-state index contributed by atoms with van der Waals surface area (Å²) in [6.45, 7) is 0. The van der Waals surface area contributed by atoms with E-state index in [-0.39, 0.29) is 5.78 Å². The summed E-state index contributed by atoms with van der Waals surface area (Å²) < 4.78 is 0. The number of carbonyl (C=O) groups is 1. The van der Waals surface area contributed by atoms with Gasteiger partial charge in [-0.2, -0.15) is 0 Å². The second kappa shape index (κ2) is 5.60. The summed E-state index contributed by atoms with van der Waals surface area (Å²) in [6, 6.07) is 11.2. The molecule has 1 aromatic carbocycles. The lowest BCUT2D eigenvalue weighted by molar-refractivity contribution is -0.117. The molecule has 2 rings (SSSR count). The highest BCUT2D eigenvalue weighted by atomic mass is 35.5. The van der Waals surface area contributed by atoms with Crippen LogP contribution in [-0.2, 0) is 17.6 Å². The van der Waals surface area contributed by atoms with Gasteiger partial charge in [0.1, 0.15) is 5.78 Å². The Morgan fingerprint density at radius 2 is 1.94 bits per heavy atom. The first-order chi connectivity index (χ1) is 8.25. The van der Waals surface area contributed by atoms with Gasteiger partial charge in [0.2, 0.25) is 0 Å². The third kappa shape index (κ3) is 3.40. The van der Waals surface area contributed by atoms with E-state index in [0.29, 0.717) is 17.9 Å². The van der Waals surface area contributed by atoms with Crippen LogP contribution >= 0.6 is 11.6 Å². The fourth-order valence-corrected chi connectivity index (χ4v) is 1.85. The van der Waals surface area contributed by atoms with Crippen molar-refractivity contribution in [2.75, 3.05) is 0 Å². The Kier molecular flexibility index (Phi) is 3.89. The Labute approximate surface area is 105 Å². The summed E-state index contributed by atoms with van der Waals surface area (Å²) in [5.74, 6) is 0.145. The van der Waals surface area contributed by atoms with Gasteiger partial charge in [-0.3, -0.25) is 9.78 Å². The predicted molar refractivity (Wildman–Crippen MR) is 68.1 cm³/mol. The van der Waals surface area contributed by atoms with Gasteiger partial charge in [-0.05, 0) is 23.3 Å². The van der Waals surface area contributed by atoms with E-state index in [1.165, 1.54) is 0 Å². The molecule has 0 unspecified atom stereocenters. The molecule has 86 valence electrons. The van der Waals surface area contributed by atoms with Crippen molar-refractivity contribution in [3.05, 3.63) is 64.9 Å². The van der Waals surface area contributed by atoms with E-state index in [4.69, 9.17) is 11.6 Å². The molecule has 0 saturated carbocycles. The number of benzene rings is 1. The molecule has 0 bridgehead atoms. The molecule has 0 amide bonds. The summed E-state index contributed by atoms with van der Waals surface area (Å²) in [7, 11) is 0. The predicted octanol–water partition coefficient (Wildman–Crippen LogP) is 3.09. The maximum atomic E-state index is 11.8. The first-order valence-electron chi connectivity index (χ1n) is 5.40. The normalized spacial score (nSPS) is 10.2. The minimum atomic E-state index is 0.145. The first kappa shape index (κ1) is 11.8. The Bertz CT molecular complexity index is 511. The Hall–Kier alpha value is -1.67. The maximum Gasteiger partial charge on any atom is 0.141 e. The zero-order chi connectivity index (χ0) is 12.1. The van der Waals surface area contributed by atoms with Crippen LogP contribution in [0.15, 0.2) is 48.8 Å². The van der Waals surface area contributed by atoms with Gasteiger partial charge in [-0.1, -0.05) is 35.9 Å². The quantitative estimate of drug-likeness (QED) is 0.829. The molecule has 1 heterocycles. The van der Waals surface area contributed by atoms with Gasteiger partial charge in [0.05, 0.1) is 0 Å². The summed E-state index contributed by atoms with van der Waals surface area (Å²) in [5.41, 5.74) is 1.81. The van der Waals surface area contributed by atoms with Crippen LogP contribution in [0.5, 0.6) is 0 Å². The molecule has 0 fully saturated rings. The van der Waals surface area contributed by atoms with Gasteiger partial charge in [-0.25, -0.2) is 0 Å². The van der Waals surface area contributed by atoms with Crippen LogP contribution in [0.2, 0.25) is 5.02 Å². The minimum Gasteiger partial charge on any atom is -0.299 e. The minimum absolute atomic E-state index is 0.145. The number of ketones is 1. The number of halogens is 1. The fourth-order valence-electron chi connectivity index (χ4n) is 1.65. The number of carbonyl (C=O) groups excluding carboxylic acids is 1. The lowest BCUT2D eigenvalue weighted by Crippen LogP contribution is -2.07. The Morgan fingerprint density at radius 3 is 2.65 bits per heavy atom. The highest BCUT2D eigenvalue weighted by molar-refractivity contribution is 6.31. The van der Waals surface area contributed by atoms with E-state index in [1.54, 1.807) is 18.5 Å². The summed E-state index contributed by atoms with van der Waals surface area (Å²) >= 11 is 6.01. The van der Waals surface area contributed by atoms with Gasteiger partial charge in [0.25, 0.3) is 0 Å². The Morgan fingerprint density at radius 1 is 1.12 bits per heavy atom. The SMILES string of the molecule is O=C(Cc1cccnc1)Cc1ccccc1Cl. The van der Waals surface area contributed by atoms with Crippen LogP contribution in [0.3, 0.4) is 0 Å². The van der Waals surface area contributed by atoms with Gasteiger partial charge < -0.3 is 0 Å². The van der Waals surface area contributed by atoms with Crippen molar-refractivity contribution < 1.29 is 4.79 Å². The third-order valence-corrected chi connectivity index (χ3v) is 2.84. The van der Waals surface area contributed by atoms with E-state index in [9.17, 15) is 4.79 Å².